The number of nitrogens with one attached hydrogen (secondary N) is 2. The van der Waals surface area contributed by atoms with Crippen LogP contribution in [0.15, 0.2) is 42.6 Å². The standard InChI is InChI=1S/C27H32ClFN7O2P/c1-34-13-18(14-34)35-8-9-36-19(15-35)16-38-23-11-17(10-21(29)25(23)36)31-27-30-12-20(28)26(33-27)32-22-6-4-5-7-24(22)39(2,3)37/h4-7,10-12,18-19H,8-9,13-16H2,1-3H3,(H2,30,31,32,33)/t19-/m1/s1. The Kier molecular flexibility index (Phi) is 6.91. The fourth-order valence-electron chi connectivity index (χ4n) is 5.59. The number of aromatic nitrogens is 2. The monoisotopic (exact) mass is 571 g/mol. The molecule has 206 valence electrons. The third-order valence-electron chi connectivity index (χ3n) is 7.56. The molecule has 4 heterocycles. The van der Waals surface area contributed by atoms with E-state index in [9.17, 15) is 4.57 Å². The minimum absolute atomic E-state index is 0.128. The lowest BCUT2D eigenvalue weighted by Crippen LogP contribution is -2.65. The summed E-state index contributed by atoms with van der Waals surface area (Å²) in [6, 6.07) is 11.3. The van der Waals surface area contributed by atoms with E-state index >= 15 is 4.39 Å². The molecule has 2 saturated heterocycles. The van der Waals surface area contributed by atoms with Gasteiger partial charge >= 0.3 is 0 Å². The van der Waals surface area contributed by atoms with Crippen molar-refractivity contribution in [2.75, 3.05) is 75.2 Å². The predicted molar refractivity (Wildman–Crippen MR) is 155 cm³/mol. The topological polar surface area (TPSA) is 85.9 Å². The fraction of sp³-hybridized carbons (Fsp3) is 0.407. The second kappa shape index (κ2) is 10.2. The average molecular weight is 572 g/mol. The number of nitrogens with zero attached hydrogens (tertiary/aromatic N) is 5. The summed E-state index contributed by atoms with van der Waals surface area (Å²) in [7, 11) is -0.406. The SMILES string of the molecule is CN1CC(N2CCN3c4c(F)cc(Nc5ncc(Cl)c(Nc6ccccc6P(C)(C)=O)n5)cc4OC[C@H]3C2)C1. The van der Waals surface area contributed by atoms with E-state index in [2.05, 4.69) is 42.3 Å². The summed E-state index contributed by atoms with van der Waals surface area (Å²) in [6.45, 7) is 8.66. The van der Waals surface area contributed by atoms with Crippen LogP contribution in [0.5, 0.6) is 5.75 Å². The Hall–Kier alpha value is -2.91. The quantitative estimate of drug-likeness (QED) is 0.423. The first-order valence-electron chi connectivity index (χ1n) is 13.0. The number of hydrogen-bond donors (Lipinski definition) is 2. The molecule has 1 atom stereocenters. The molecule has 3 aromatic rings. The van der Waals surface area contributed by atoms with Crippen LogP contribution in [0.25, 0.3) is 0 Å². The Morgan fingerprint density at radius 3 is 2.67 bits per heavy atom. The minimum Gasteiger partial charge on any atom is -0.489 e. The lowest BCUT2D eigenvalue weighted by Gasteiger charge is -2.51. The van der Waals surface area contributed by atoms with Gasteiger partial charge in [0.25, 0.3) is 0 Å². The number of ether oxygens (including phenoxy) is 1. The molecule has 39 heavy (non-hydrogen) atoms. The Morgan fingerprint density at radius 2 is 1.90 bits per heavy atom. The number of piperazine rings is 1. The lowest BCUT2D eigenvalue weighted by molar-refractivity contribution is 0.0322. The Bertz CT molecular complexity index is 1450. The molecular formula is C27H32ClFN7O2P. The van der Waals surface area contributed by atoms with E-state index in [0.29, 0.717) is 51.6 Å². The predicted octanol–water partition coefficient (Wildman–Crippen LogP) is 4.20. The van der Waals surface area contributed by atoms with Crippen LogP contribution in [0.4, 0.5) is 33.2 Å². The number of likely N-dealkylation sites (N-methyl/N-ethyl adjacent to an activating group) is 1. The molecule has 1 aromatic heterocycles. The van der Waals surface area contributed by atoms with Crippen LogP contribution in [0.2, 0.25) is 5.02 Å². The van der Waals surface area contributed by atoms with Crippen LogP contribution in [0.1, 0.15) is 0 Å². The van der Waals surface area contributed by atoms with Gasteiger partial charge in [-0.25, -0.2) is 9.37 Å². The van der Waals surface area contributed by atoms with Crippen molar-refractivity contribution < 1.29 is 13.7 Å². The van der Waals surface area contributed by atoms with E-state index in [4.69, 9.17) is 16.3 Å². The Balaban J connectivity index is 1.20. The number of para-hydroxylation sites is 1. The highest BCUT2D eigenvalue weighted by molar-refractivity contribution is 7.70. The molecule has 0 aliphatic carbocycles. The van der Waals surface area contributed by atoms with E-state index in [1.54, 1.807) is 19.4 Å². The average Bonchev–Trinajstić information content (AvgIpc) is 2.88. The number of halogens is 2. The first kappa shape index (κ1) is 26.3. The summed E-state index contributed by atoms with van der Waals surface area (Å²) < 4.78 is 34.3. The summed E-state index contributed by atoms with van der Waals surface area (Å²) in [5, 5.41) is 7.26. The molecule has 2 fully saturated rings. The van der Waals surface area contributed by atoms with Crippen LogP contribution in [-0.4, -0.2) is 91.6 Å². The number of likely N-dealkylation sites (tertiary alicyclic amines) is 1. The Morgan fingerprint density at radius 1 is 1.10 bits per heavy atom. The number of anilines is 5. The highest BCUT2D eigenvalue weighted by atomic mass is 35.5. The van der Waals surface area contributed by atoms with E-state index in [0.717, 1.165) is 32.7 Å². The molecular weight excluding hydrogens is 540 g/mol. The molecule has 0 unspecified atom stereocenters. The number of rotatable bonds is 6. The maximum Gasteiger partial charge on any atom is 0.229 e. The van der Waals surface area contributed by atoms with Gasteiger partial charge in [0, 0.05) is 55.8 Å². The van der Waals surface area contributed by atoms with Gasteiger partial charge in [0.05, 0.1) is 17.9 Å². The molecule has 0 spiro atoms. The van der Waals surface area contributed by atoms with Crippen molar-refractivity contribution in [2.24, 2.45) is 0 Å². The molecule has 3 aliphatic rings. The smallest absolute Gasteiger partial charge is 0.229 e. The molecule has 12 heteroatoms. The maximum atomic E-state index is 15.5. The molecule has 2 aromatic carbocycles. The van der Waals surface area contributed by atoms with Crippen LogP contribution in [0, 0.1) is 5.82 Å². The number of benzene rings is 2. The van der Waals surface area contributed by atoms with Crippen LogP contribution < -0.4 is 25.6 Å². The van der Waals surface area contributed by atoms with Gasteiger partial charge in [0.2, 0.25) is 5.95 Å². The molecule has 0 amide bonds. The highest BCUT2D eigenvalue weighted by Crippen LogP contribution is 2.41. The molecule has 0 radical (unpaired) electrons. The fourth-order valence-corrected chi connectivity index (χ4v) is 6.88. The van der Waals surface area contributed by atoms with Crippen molar-refractivity contribution in [1.82, 2.24) is 19.8 Å². The van der Waals surface area contributed by atoms with Gasteiger partial charge in [0.1, 0.15) is 30.2 Å². The third-order valence-corrected chi connectivity index (χ3v) is 9.39. The van der Waals surface area contributed by atoms with Gasteiger partial charge in [-0.1, -0.05) is 23.7 Å². The van der Waals surface area contributed by atoms with Gasteiger partial charge in [-0.2, -0.15) is 4.98 Å². The van der Waals surface area contributed by atoms with Gasteiger partial charge < -0.3 is 29.7 Å². The van der Waals surface area contributed by atoms with E-state index in [-0.39, 0.29) is 17.8 Å². The maximum absolute atomic E-state index is 15.5. The molecule has 0 saturated carbocycles. The van der Waals surface area contributed by atoms with Gasteiger partial charge in [0.15, 0.2) is 11.6 Å². The summed E-state index contributed by atoms with van der Waals surface area (Å²) in [5.74, 6) is 0.749. The first-order chi connectivity index (χ1) is 18.7. The summed E-state index contributed by atoms with van der Waals surface area (Å²) in [5.41, 5.74) is 1.65. The van der Waals surface area contributed by atoms with Crippen molar-refractivity contribution in [2.45, 2.75) is 12.1 Å². The van der Waals surface area contributed by atoms with Crippen LogP contribution in [-0.2, 0) is 4.57 Å². The summed E-state index contributed by atoms with van der Waals surface area (Å²) >= 11 is 6.37. The second-order valence-electron chi connectivity index (χ2n) is 10.8. The van der Waals surface area contributed by atoms with Crippen molar-refractivity contribution in [3.8, 4) is 5.75 Å². The highest BCUT2D eigenvalue weighted by Gasteiger charge is 2.39. The van der Waals surface area contributed by atoms with E-state index < -0.39 is 7.14 Å². The van der Waals surface area contributed by atoms with E-state index in [1.807, 2.05) is 24.3 Å². The number of fused-ring (bicyclic) bond motifs is 3. The zero-order chi connectivity index (χ0) is 27.3. The lowest BCUT2D eigenvalue weighted by atomic mass is 10.0. The number of hydrogen-bond acceptors (Lipinski definition) is 9. The summed E-state index contributed by atoms with van der Waals surface area (Å²) in [4.78, 5) is 15.7. The van der Waals surface area contributed by atoms with Gasteiger partial charge in [-0.3, -0.25) is 4.90 Å². The van der Waals surface area contributed by atoms with Crippen molar-refractivity contribution in [3.05, 3.63) is 53.4 Å². The van der Waals surface area contributed by atoms with Gasteiger partial charge in [-0.15, -0.1) is 0 Å². The third kappa shape index (κ3) is 5.31. The second-order valence-corrected chi connectivity index (χ2v) is 14.4. The normalized spacial score (nSPS) is 20.0. The van der Waals surface area contributed by atoms with Crippen LogP contribution in [0.3, 0.4) is 0 Å². The molecule has 6 rings (SSSR count). The van der Waals surface area contributed by atoms with Crippen molar-refractivity contribution in [3.63, 3.8) is 0 Å². The van der Waals surface area contributed by atoms with E-state index in [1.165, 1.54) is 12.3 Å². The molecule has 2 N–H and O–H groups in total. The molecule has 3 aliphatic heterocycles. The largest absolute Gasteiger partial charge is 0.489 e. The van der Waals surface area contributed by atoms with Crippen molar-refractivity contribution >= 4 is 52.9 Å². The summed E-state index contributed by atoms with van der Waals surface area (Å²) in [6.07, 6.45) is 1.47. The Labute approximate surface area is 232 Å². The minimum atomic E-state index is -2.54. The zero-order valence-electron chi connectivity index (χ0n) is 22.2. The molecule has 0 bridgehead atoms. The molecule has 9 nitrogen and oxygen atoms in total. The zero-order valence-corrected chi connectivity index (χ0v) is 23.8. The first-order valence-corrected chi connectivity index (χ1v) is 16.0. The van der Waals surface area contributed by atoms with Crippen molar-refractivity contribution in [1.29, 1.82) is 0 Å². The van der Waals surface area contributed by atoms with Crippen LogP contribution >= 0.6 is 18.7 Å². The van der Waals surface area contributed by atoms with Gasteiger partial charge in [-0.05, 0) is 38.6 Å².